The van der Waals surface area contributed by atoms with Crippen molar-refractivity contribution < 1.29 is 9.53 Å². The van der Waals surface area contributed by atoms with Gasteiger partial charge in [-0.15, -0.1) is 0 Å². The predicted molar refractivity (Wildman–Crippen MR) is 80.3 cm³/mol. The van der Waals surface area contributed by atoms with E-state index in [1.54, 1.807) is 19.4 Å². The van der Waals surface area contributed by atoms with Crippen molar-refractivity contribution in [1.82, 2.24) is 15.5 Å². The maximum Gasteiger partial charge on any atom is 0.252 e. The summed E-state index contributed by atoms with van der Waals surface area (Å²) in [7, 11) is 1.62. The van der Waals surface area contributed by atoms with Crippen LogP contribution < -0.4 is 10.1 Å². The fourth-order valence-electron chi connectivity index (χ4n) is 2.23. The fraction of sp³-hybridized carbons (Fsp3) is 0.125. The van der Waals surface area contributed by atoms with Gasteiger partial charge in [0, 0.05) is 11.9 Å². The molecule has 0 aliphatic heterocycles. The maximum atomic E-state index is 12.3. The van der Waals surface area contributed by atoms with Crippen LogP contribution in [0.2, 0.25) is 0 Å². The predicted octanol–water partition coefficient (Wildman–Crippen LogP) is 2.50. The number of hydrogen-bond donors (Lipinski definition) is 2. The Morgan fingerprint density at radius 3 is 3.00 bits per heavy atom. The van der Waals surface area contributed by atoms with Crippen molar-refractivity contribution in [2.75, 3.05) is 7.11 Å². The third-order valence-corrected chi connectivity index (χ3v) is 3.32. The lowest BCUT2D eigenvalue weighted by molar-refractivity contribution is 0.0952. The van der Waals surface area contributed by atoms with Crippen LogP contribution in [-0.2, 0) is 6.54 Å². The number of benzene rings is 2. The van der Waals surface area contributed by atoms with Gasteiger partial charge >= 0.3 is 0 Å². The molecule has 0 unspecified atom stereocenters. The second kappa shape index (κ2) is 5.66. The summed E-state index contributed by atoms with van der Waals surface area (Å²) in [6.07, 6.45) is 1.66. The number of rotatable bonds is 4. The average Bonchev–Trinajstić information content (AvgIpc) is 3.01. The molecule has 1 heterocycles. The third-order valence-electron chi connectivity index (χ3n) is 3.32. The summed E-state index contributed by atoms with van der Waals surface area (Å²) in [5.74, 6) is 0.656. The Labute approximate surface area is 121 Å². The van der Waals surface area contributed by atoms with Gasteiger partial charge in [-0.3, -0.25) is 9.89 Å². The lowest BCUT2D eigenvalue weighted by atomic mass is 10.1. The number of fused-ring (bicyclic) bond motifs is 1. The monoisotopic (exact) mass is 281 g/mol. The van der Waals surface area contributed by atoms with Crippen LogP contribution in [-0.4, -0.2) is 23.2 Å². The summed E-state index contributed by atoms with van der Waals surface area (Å²) >= 11 is 0. The van der Waals surface area contributed by atoms with Crippen molar-refractivity contribution >= 4 is 16.8 Å². The Bertz CT molecular complexity index is 780. The molecular formula is C16H15N3O2. The second-order valence-corrected chi connectivity index (χ2v) is 4.67. The van der Waals surface area contributed by atoms with Crippen LogP contribution in [0.3, 0.4) is 0 Å². The normalized spacial score (nSPS) is 10.5. The third kappa shape index (κ3) is 2.72. The molecule has 0 bridgehead atoms. The average molecular weight is 281 g/mol. The molecule has 2 aromatic carbocycles. The first-order valence-electron chi connectivity index (χ1n) is 6.61. The van der Waals surface area contributed by atoms with Gasteiger partial charge in [0.15, 0.2) is 0 Å². The van der Waals surface area contributed by atoms with E-state index in [1.165, 1.54) is 0 Å². The van der Waals surface area contributed by atoms with Crippen LogP contribution in [0.15, 0.2) is 48.7 Å². The molecule has 0 fully saturated rings. The van der Waals surface area contributed by atoms with Crippen molar-refractivity contribution in [1.29, 1.82) is 0 Å². The molecule has 1 amide bonds. The van der Waals surface area contributed by atoms with Crippen molar-refractivity contribution in [3.05, 3.63) is 59.8 Å². The molecule has 0 spiro atoms. The minimum atomic E-state index is -0.121. The van der Waals surface area contributed by atoms with Gasteiger partial charge in [-0.1, -0.05) is 18.2 Å². The van der Waals surface area contributed by atoms with Gasteiger partial charge in [0.1, 0.15) is 5.75 Å². The molecule has 0 aliphatic carbocycles. The highest BCUT2D eigenvalue weighted by atomic mass is 16.5. The molecule has 0 radical (unpaired) electrons. The molecule has 3 rings (SSSR count). The molecule has 5 nitrogen and oxygen atoms in total. The lowest BCUT2D eigenvalue weighted by Crippen LogP contribution is -2.22. The Hall–Kier alpha value is -2.82. The van der Waals surface area contributed by atoms with Crippen LogP contribution >= 0.6 is 0 Å². The Morgan fingerprint density at radius 2 is 2.14 bits per heavy atom. The number of ether oxygens (including phenoxy) is 1. The van der Waals surface area contributed by atoms with Crippen molar-refractivity contribution in [3.63, 3.8) is 0 Å². The highest BCUT2D eigenvalue weighted by molar-refractivity contribution is 6.05. The molecule has 21 heavy (non-hydrogen) atoms. The number of aromatic amines is 1. The standard InChI is InChI=1S/C16H15N3O2/c1-21-12-5-2-4-11(8-12)9-17-16(20)13-6-3-7-15-14(13)10-18-19-15/h2-8,10H,9H2,1H3,(H,17,20)(H,18,19). The molecule has 0 aliphatic rings. The minimum Gasteiger partial charge on any atom is -0.497 e. The van der Waals surface area contributed by atoms with E-state index in [-0.39, 0.29) is 5.91 Å². The molecule has 106 valence electrons. The van der Waals surface area contributed by atoms with E-state index in [2.05, 4.69) is 15.5 Å². The number of carbonyl (C=O) groups is 1. The molecule has 0 saturated heterocycles. The zero-order valence-corrected chi connectivity index (χ0v) is 11.6. The SMILES string of the molecule is COc1cccc(CNC(=O)c2cccc3[nH]ncc23)c1. The summed E-state index contributed by atoms with van der Waals surface area (Å²) in [5, 5.41) is 10.6. The maximum absolute atomic E-state index is 12.3. The van der Waals surface area contributed by atoms with E-state index in [9.17, 15) is 4.79 Å². The van der Waals surface area contributed by atoms with E-state index in [0.717, 1.165) is 22.2 Å². The van der Waals surface area contributed by atoms with Crippen LogP contribution in [0.25, 0.3) is 10.9 Å². The number of hydrogen-bond acceptors (Lipinski definition) is 3. The summed E-state index contributed by atoms with van der Waals surface area (Å²) < 4.78 is 5.17. The van der Waals surface area contributed by atoms with E-state index < -0.39 is 0 Å². The highest BCUT2D eigenvalue weighted by Crippen LogP contribution is 2.16. The lowest BCUT2D eigenvalue weighted by Gasteiger charge is -2.07. The first-order chi connectivity index (χ1) is 10.3. The van der Waals surface area contributed by atoms with E-state index in [0.29, 0.717) is 12.1 Å². The number of aromatic nitrogens is 2. The largest absolute Gasteiger partial charge is 0.497 e. The van der Waals surface area contributed by atoms with Gasteiger partial charge in [-0.25, -0.2) is 0 Å². The van der Waals surface area contributed by atoms with Crippen molar-refractivity contribution in [3.8, 4) is 5.75 Å². The number of nitrogens with zero attached hydrogens (tertiary/aromatic N) is 1. The topological polar surface area (TPSA) is 67.0 Å². The van der Waals surface area contributed by atoms with Crippen molar-refractivity contribution in [2.24, 2.45) is 0 Å². The molecule has 5 heteroatoms. The fourth-order valence-corrected chi connectivity index (χ4v) is 2.23. The van der Waals surface area contributed by atoms with Gasteiger partial charge in [0.25, 0.3) is 5.91 Å². The highest BCUT2D eigenvalue weighted by Gasteiger charge is 2.10. The molecule has 0 saturated carbocycles. The summed E-state index contributed by atoms with van der Waals surface area (Å²) in [4.78, 5) is 12.3. The molecule has 3 aromatic rings. The quantitative estimate of drug-likeness (QED) is 0.772. The van der Waals surface area contributed by atoms with Gasteiger partial charge < -0.3 is 10.1 Å². The van der Waals surface area contributed by atoms with Crippen LogP contribution in [0, 0.1) is 0 Å². The van der Waals surface area contributed by atoms with E-state index in [1.807, 2.05) is 36.4 Å². The zero-order valence-electron chi connectivity index (χ0n) is 11.6. The van der Waals surface area contributed by atoms with E-state index in [4.69, 9.17) is 4.74 Å². The number of amides is 1. The first kappa shape index (κ1) is 13.2. The van der Waals surface area contributed by atoms with Crippen LogP contribution in [0.5, 0.6) is 5.75 Å². The Balaban J connectivity index is 1.76. The van der Waals surface area contributed by atoms with Gasteiger partial charge in [-0.2, -0.15) is 5.10 Å². The smallest absolute Gasteiger partial charge is 0.252 e. The molecule has 0 atom stereocenters. The number of carbonyl (C=O) groups excluding carboxylic acids is 1. The molecular weight excluding hydrogens is 266 g/mol. The Morgan fingerprint density at radius 1 is 1.29 bits per heavy atom. The van der Waals surface area contributed by atoms with Crippen LogP contribution in [0.4, 0.5) is 0 Å². The van der Waals surface area contributed by atoms with Gasteiger partial charge in [-0.05, 0) is 29.8 Å². The van der Waals surface area contributed by atoms with Gasteiger partial charge in [0.05, 0.1) is 24.4 Å². The zero-order chi connectivity index (χ0) is 14.7. The van der Waals surface area contributed by atoms with Crippen LogP contribution in [0.1, 0.15) is 15.9 Å². The summed E-state index contributed by atoms with van der Waals surface area (Å²) in [6.45, 7) is 0.449. The van der Waals surface area contributed by atoms with E-state index >= 15 is 0 Å². The first-order valence-corrected chi connectivity index (χ1v) is 6.61. The minimum absolute atomic E-state index is 0.121. The van der Waals surface area contributed by atoms with Crippen molar-refractivity contribution in [2.45, 2.75) is 6.54 Å². The second-order valence-electron chi connectivity index (χ2n) is 4.67. The number of methoxy groups -OCH3 is 1. The van der Waals surface area contributed by atoms with Gasteiger partial charge in [0.2, 0.25) is 0 Å². The Kier molecular flexibility index (Phi) is 3.55. The summed E-state index contributed by atoms with van der Waals surface area (Å²) in [6, 6.07) is 13.1. The molecule has 1 aromatic heterocycles. The summed E-state index contributed by atoms with van der Waals surface area (Å²) in [5.41, 5.74) is 2.45. The molecule has 2 N–H and O–H groups in total. The number of nitrogens with one attached hydrogen (secondary N) is 2. The number of H-pyrrole nitrogens is 1.